The second-order valence-corrected chi connectivity index (χ2v) is 3.77. The van der Waals surface area contributed by atoms with Crippen LogP contribution < -0.4 is 11.1 Å². The van der Waals surface area contributed by atoms with Gasteiger partial charge in [0.15, 0.2) is 5.82 Å². The second-order valence-electron chi connectivity index (χ2n) is 3.77. The van der Waals surface area contributed by atoms with Crippen LogP contribution in [-0.2, 0) is 0 Å². The molecule has 0 amide bonds. The quantitative estimate of drug-likeness (QED) is 0.805. The third-order valence-electron chi connectivity index (χ3n) is 2.39. The normalized spacial score (nSPS) is 10.1. The standard InChI is InChI=1S/C12H14N4/c1-8-3-4-9(2)11(5-8)16-12-10(13)6-14-7-15-12/h3-7H,13H2,1-2H3,(H,14,15,16). The van der Waals surface area contributed by atoms with Crippen molar-refractivity contribution < 1.29 is 0 Å². The Kier molecular flexibility index (Phi) is 2.72. The van der Waals surface area contributed by atoms with Crippen molar-refractivity contribution in [2.75, 3.05) is 11.1 Å². The Morgan fingerprint density at radius 2 is 2.06 bits per heavy atom. The number of anilines is 3. The lowest BCUT2D eigenvalue weighted by atomic mass is 10.1. The van der Waals surface area contributed by atoms with E-state index in [-0.39, 0.29) is 0 Å². The summed E-state index contributed by atoms with van der Waals surface area (Å²) in [5, 5.41) is 3.21. The van der Waals surface area contributed by atoms with Crippen LogP contribution >= 0.6 is 0 Å². The van der Waals surface area contributed by atoms with E-state index in [9.17, 15) is 0 Å². The molecule has 0 aliphatic heterocycles. The minimum atomic E-state index is 0.545. The maximum absolute atomic E-state index is 5.77. The van der Waals surface area contributed by atoms with Crippen LogP contribution in [-0.4, -0.2) is 9.97 Å². The number of rotatable bonds is 2. The van der Waals surface area contributed by atoms with Crippen molar-refractivity contribution in [3.05, 3.63) is 41.9 Å². The highest BCUT2D eigenvalue weighted by molar-refractivity contribution is 5.69. The van der Waals surface area contributed by atoms with Gasteiger partial charge in [0.25, 0.3) is 0 Å². The van der Waals surface area contributed by atoms with Crippen molar-refractivity contribution in [2.24, 2.45) is 0 Å². The average Bonchev–Trinajstić information content (AvgIpc) is 2.27. The van der Waals surface area contributed by atoms with E-state index in [0.717, 1.165) is 11.3 Å². The zero-order chi connectivity index (χ0) is 11.5. The van der Waals surface area contributed by atoms with Crippen LogP contribution in [0.4, 0.5) is 17.2 Å². The molecular weight excluding hydrogens is 200 g/mol. The van der Waals surface area contributed by atoms with Gasteiger partial charge in [-0.05, 0) is 31.0 Å². The van der Waals surface area contributed by atoms with Gasteiger partial charge in [0.2, 0.25) is 0 Å². The lowest BCUT2D eigenvalue weighted by molar-refractivity contribution is 1.17. The molecule has 3 N–H and O–H groups in total. The SMILES string of the molecule is Cc1ccc(C)c(Nc2ncncc2N)c1. The van der Waals surface area contributed by atoms with Crippen LogP contribution in [0.3, 0.4) is 0 Å². The molecule has 0 fully saturated rings. The molecule has 2 aromatic rings. The van der Waals surface area contributed by atoms with Crippen molar-refractivity contribution in [1.29, 1.82) is 0 Å². The van der Waals surface area contributed by atoms with Crippen LogP contribution in [0.5, 0.6) is 0 Å². The first kappa shape index (κ1) is 10.4. The summed E-state index contributed by atoms with van der Waals surface area (Å²) >= 11 is 0. The van der Waals surface area contributed by atoms with Gasteiger partial charge in [-0.2, -0.15) is 0 Å². The van der Waals surface area contributed by atoms with Crippen LogP contribution in [0, 0.1) is 13.8 Å². The Morgan fingerprint density at radius 3 is 2.81 bits per heavy atom. The molecular formula is C12H14N4. The fourth-order valence-electron chi connectivity index (χ4n) is 1.44. The lowest BCUT2D eigenvalue weighted by Crippen LogP contribution is -2.01. The molecule has 1 aromatic heterocycles. The van der Waals surface area contributed by atoms with Crippen LogP contribution in [0.1, 0.15) is 11.1 Å². The molecule has 4 heteroatoms. The highest BCUT2D eigenvalue weighted by Gasteiger charge is 2.03. The highest BCUT2D eigenvalue weighted by Crippen LogP contribution is 2.23. The second kappa shape index (κ2) is 4.18. The van der Waals surface area contributed by atoms with Gasteiger partial charge in [-0.25, -0.2) is 9.97 Å². The van der Waals surface area contributed by atoms with E-state index in [1.807, 2.05) is 13.8 Å². The monoisotopic (exact) mass is 214 g/mol. The van der Waals surface area contributed by atoms with Crippen molar-refractivity contribution in [3.63, 3.8) is 0 Å². The first-order valence-electron chi connectivity index (χ1n) is 5.06. The molecule has 16 heavy (non-hydrogen) atoms. The number of hydrogen-bond donors (Lipinski definition) is 2. The number of nitrogens with zero attached hydrogens (tertiary/aromatic N) is 2. The predicted octanol–water partition coefficient (Wildman–Crippen LogP) is 2.42. The number of benzene rings is 1. The number of nitrogens with one attached hydrogen (secondary N) is 1. The third-order valence-corrected chi connectivity index (χ3v) is 2.39. The van der Waals surface area contributed by atoms with E-state index in [1.165, 1.54) is 11.9 Å². The fourth-order valence-corrected chi connectivity index (χ4v) is 1.44. The lowest BCUT2D eigenvalue weighted by Gasteiger charge is -2.10. The maximum atomic E-state index is 5.77. The van der Waals surface area contributed by atoms with Crippen molar-refractivity contribution in [2.45, 2.75) is 13.8 Å². The molecule has 2 rings (SSSR count). The first-order chi connectivity index (χ1) is 7.66. The highest BCUT2D eigenvalue weighted by atomic mass is 15.0. The zero-order valence-corrected chi connectivity index (χ0v) is 9.36. The first-order valence-corrected chi connectivity index (χ1v) is 5.06. The van der Waals surface area contributed by atoms with E-state index < -0.39 is 0 Å². The summed E-state index contributed by atoms with van der Waals surface area (Å²) in [5.74, 6) is 0.642. The molecule has 4 nitrogen and oxygen atoms in total. The van der Waals surface area contributed by atoms with Gasteiger partial charge in [-0.15, -0.1) is 0 Å². The summed E-state index contributed by atoms with van der Waals surface area (Å²) in [4.78, 5) is 7.95. The van der Waals surface area contributed by atoms with Crippen molar-refractivity contribution in [3.8, 4) is 0 Å². The number of aryl methyl sites for hydroxylation is 2. The smallest absolute Gasteiger partial charge is 0.157 e. The number of nitrogen functional groups attached to an aromatic ring is 1. The fraction of sp³-hybridized carbons (Fsp3) is 0.167. The Bertz CT molecular complexity index is 508. The third kappa shape index (κ3) is 2.11. The van der Waals surface area contributed by atoms with E-state index in [4.69, 9.17) is 5.73 Å². The number of aromatic nitrogens is 2. The molecule has 0 radical (unpaired) electrons. The van der Waals surface area contributed by atoms with Crippen LogP contribution in [0.2, 0.25) is 0 Å². The molecule has 0 bridgehead atoms. The molecule has 0 spiro atoms. The van der Waals surface area contributed by atoms with E-state index >= 15 is 0 Å². The van der Waals surface area contributed by atoms with Gasteiger partial charge >= 0.3 is 0 Å². The minimum absolute atomic E-state index is 0.545. The van der Waals surface area contributed by atoms with E-state index in [1.54, 1.807) is 6.20 Å². The van der Waals surface area contributed by atoms with E-state index in [2.05, 4.69) is 33.5 Å². The molecule has 82 valence electrons. The summed E-state index contributed by atoms with van der Waals surface area (Å²) < 4.78 is 0. The van der Waals surface area contributed by atoms with Gasteiger partial charge in [-0.3, -0.25) is 0 Å². The van der Waals surface area contributed by atoms with Gasteiger partial charge < -0.3 is 11.1 Å². The Balaban J connectivity index is 2.34. The molecule has 1 aromatic carbocycles. The maximum Gasteiger partial charge on any atom is 0.157 e. The zero-order valence-electron chi connectivity index (χ0n) is 9.36. The Morgan fingerprint density at radius 1 is 1.25 bits per heavy atom. The molecule has 0 saturated carbocycles. The summed E-state index contributed by atoms with van der Waals surface area (Å²) in [6, 6.07) is 6.20. The molecule has 0 aliphatic carbocycles. The van der Waals surface area contributed by atoms with Crippen LogP contribution in [0.25, 0.3) is 0 Å². The van der Waals surface area contributed by atoms with Gasteiger partial charge in [0, 0.05) is 5.69 Å². The average molecular weight is 214 g/mol. The van der Waals surface area contributed by atoms with Gasteiger partial charge in [0.05, 0.1) is 11.9 Å². The Labute approximate surface area is 94.5 Å². The predicted molar refractivity (Wildman–Crippen MR) is 65.6 cm³/mol. The summed E-state index contributed by atoms with van der Waals surface area (Å²) in [6.07, 6.45) is 3.06. The largest absolute Gasteiger partial charge is 0.394 e. The Hall–Kier alpha value is -2.10. The topological polar surface area (TPSA) is 63.8 Å². The molecule has 1 heterocycles. The minimum Gasteiger partial charge on any atom is -0.394 e. The summed E-state index contributed by atoms with van der Waals surface area (Å²) in [7, 11) is 0. The molecule has 0 unspecified atom stereocenters. The van der Waals surface area contributed by atoms with E-state index in [0.29, 0.717) is 11.5 Å². The summed E-state index contributed by atoms with van der Waals surface area (Å²) in [6.45, 7) is 4.09. The van der Waals surface area contributed by atoms with Crippen LogP contribution in [0.15, 0.2) is 30.7 Å². The number of hydrogen-bond acceptors (Lipinski definition) is 4. The molecule has 0 saturated heterocycles. The van der Waals surface area contributed by atoms with Gasteiger partial charge in [0.1, 0.15) is 6.33 Å². The molecule has 0 atom stereocenters. The summed E-state index contributed by atoms with van der Waals surface area (Å²) in [5.41, 5.74) is 9.68. The number of nitrogens with two attached hydrogens (primary N) is 1. The molecule has 0 aliphatic rings. The van der Waals surface area contributed by atoms with Crippen molar-refractivity contribution in [1.82, 2.24) is 9.97 Å². The van der Waals surface area contributed by atoms with Gasteiger partial charge in [-0.1, -0.05) is 12.1 Å². The van der Waals surface area contributed by atoms with Crippen molar-refractivity contribution >= 4 is 17.2 Å².